The fourth-order valence-electron chi connectivity index (χ4n) is 3.91. The van der Waals surface area contributed by atoms with Crippen molar-refractivity contribution in [2.75, 3.05) is 13.7 Å². The molecule has 0 aromatic rings. The van der Waals surface area contributed by atoms with Gasteiger partial charge in [-0.15, -0.1) is 0 Å². The molecule has 0 aromatic heterocycles. The summed E-state index contributed by atoms with van der Waals surface area (Å²) in [6, 6.07) is 0. The van der Waals surface area contributed by atoms with Crippen LogP contribution in [0.25, 0.3) is 0 Å². The first-order valence-electron chi connectivity index (χ1n) is 8.70. The van der Waals surface area contributed by atoms with E-state index in [9.17, 15) is 24.6 Å². The Bertz CT molecular complexity index is 586. The minimum atomic E-state index is -1.33. The van der Waals surface area contributed by atoms with Gasteiger partial charge in [0.05, 0.1) is 37.8 Å². The average Bonchev–Trinajstić information content (AvgIpc) is 2.62. The van der Waals surface area contributed by atoms with Crippen molar-refractivity contribution in [1.29, 1.82) is 0 Å². The standard InChI is InChI=1S/C18H26O8/c1-8(7-19)17(23)26-13-6-10-11(20)4-5-12(21)15(10)16(22)14(13)9(2)18(24)25-3/h8,10-11,13-16,19-20,22H,2,4-7H2,1,3H3/t8?,10-,11+,13-,14+,15+,16-/m0/s1. The molecule has 0 aliphatic heterocycles. The maximum absolute atomic E-state index is 12.3. The van der Waals surface area contributed by atoms with E-state index in [1.807, 2.05) is 0 Å². The quantitative estimate of drug-likeness (QED) is 0.440. The lowest BCUT2D eigenvalue weighted by Crippen LogP contribution is -2.57. The minimum absolute atomic E-state index is 0.0965. The predicted molar refractivity (Wildman–Crippen MR) is 88.6 cm³/mol. The van der Waals surface area contributed by atoms with E-state index in [2.05, 4.69) is 11.3 Å². The summed E-state index contributed by atoms with van der Waals surface area (Å²) in [5, 5.41) is 30.2. The Hall–Kier alpha value is -1.77. The van der Waals surface area contributed by atoms with Crippen molar-refractivity contribution < 1.29 is 39.2 Å². The third-order valence-corrected chi connectivity index (χ3v) is 5.45. The average molecular weight is 370 g/mol. The van der Waals surface area contributed by atoms with E-state index in [1.54, 1.807) is 0 Å². The van der Waals surface area contributed by atoms with Crippen LogP contribution in [0.1, 0.15) is 26.2 Å². The molecule has 2 fully saturated rings. The fraction of sp³-hybridized carbons (Fsp3) is 0.722. The van der Waals surface area contributed by atoms with Gasteiger partial charge in [0.1, 0.15) is 11.9 Å². The number of rotatable bonds is 5. The number of aliphatic hydroxyl groups excluding tert-OH is 3. The van der Waals surface area contributed by atoms with Gasteiger partial charge in [-0.3, -0.25) is 9.59 Å². The molecule has 0 bridgehead atoms. The molecule has 8 heteroatoms. The lowest BCUT2D eigenvalue weighted by Gasteiger charge is -2.47. The summed E-state index contributed by atoms with van der Waals surface area (Å²) in [4.78, 5) is 36.4. The third-order valence-electron chi connectivity index (χ3n) is 5.45. The van der Waals surface area contributed by atoms with Crippen LogP contribution in [-0.2, 0) is 23.9 Å². The Balaban J connectivity index is 2.34. The van der Waals surface area contributed by atoms with Gasteiger partial charge in [0.25, 0.3) is 0 Å². The molecule has 2 aliphatic carbocycles. The van der Waals surface area contributed by atoms with E-state index in [4.69, 9.17) is 9.84 Å². The Labute approximate surface area is 151 Å². The number of methoxy groups -OCH3 is 1. The van der Waals surface area contributed by atoms with Crippen LogP contribution >= 0.6 is 0 Å². The summed E-state index contributed by atoms with van der Waals surface area (Å²) in [5.74, 6) is -4.88. The first-order valence-corrected chi connectivity index (χ1v) is 8.70. The van der Waals surface area contributed by atoms with Crippen molar-refractivity contribution >= 4 is 17.7 Å². The summed E-state index contributed by atoms with van der Waals surface area (Å²) in [6.45, 7) is 4.72. The Morgan fingerprint density at radius 3 is 2.58 bits per heavy atom. The van der Waals surface area contributed by atoms with Crippen LogP contribution in [0, 0.1) is 23.7 Å². The zero-order valence-electron chi connectivity index (χ0n) is 15.0. The summed E-state index contributed by atoms with van der Waals surface area (Å²) in [5.41, 5.74) is -0.0965. The second-order valence-electron chi connectivity index (χ2n) is 7.09. The molecule has 26 heavy (non-hydrogen) atoms. The predicted octanol–water partition coefficient (Wildman–Crippen LogP) is -0.407. The molecule has 2 aliphatic rings. The summed E-state index contributed by atoms with van der Waals surface area (Å²) >= 11 is 0. The number of hydrogen-bond donors (Lipinski definition) is 3. The highest BCUT2D eigenvalue weighted by Crippen LogP contribution is 2.45. The number of esters is 2. The van der Waals surface area contributed by atoms with E-state index in [-0.39, 0.29) is 30.6 Å². The van der Waals surface area contributed by atoms with Crippen LogP contribution in [0.15, 0.2) is 12.2 Å². The lowest BCUT2D eigenvalue weighted by molar-refractivity contribution is -0.177. The van der Waals surface area contributed by atoms with Gasteiger partial charge in [-0.2, -0.15) is 0 Å². The first kappa shape index (κ1) is 20.5. The molecule has 0 spiro atoms. The number of aliphatic hydroxyl groups is 3. The zero-order valence-corrected chi connectivity index (χ0v) is 15.0. The van der Waals surface area contributed by atoms with Gasteiger partial charge in [0, 0.05) is 23.8 Å². The van der Waals surface area contributed by atoms with Crippen molar-refractivity contribution in [1.82, 2.24) is 0 Å². The summed E-state index contributed by atoms with van der Waals surface area (Å²) in [6.07, 6.45) is -2.56. The number of ether oxygens (including phenoxy) is 2. The lowest BCUT2D eigenvalue weighted by atomic mass is 9.61. The second-order valence-corrected chi connectivity index (χ2v) is 7.09. The molecule has 146 valence electrons. The molecule has 3 N–H and O–H groups in total. The monoisotopic (exact) mass is 370 g/mol. The Morgan fingerprint density at radius 1 is 1.35 bits per heavy atom. The highest BCUT2D eigenvalue weighted by Gasteiger charge is 2.54. The highest BCUT2D eigenvalue weighted by atomic mass is 16.5. The Kier molecular flexibility index (Phi) is 6.54. The smallest absolute Gasteiger partial charge is 0.333 e. The van der Waals surface area contributed by atoms with Crippen molar-refractivity contribution in [3.05, 3.63) is 12.2 Å². The van der Waals surface area contributed by atoms with Gasteiger partial charge in [-0.25, -0.2) is 4.79 Å². The third kappa shape index (κ3) is 3.82. The SMILES string of the molecule is C=C(C(=O)OC)[C@H]1[C@H](O)[C@H]2C(=O)CC[C@@H](O)[C@@H]2C[C@@H]1OC(=O)C(C)CO. The van der Waals surface area contributed by atoms with Crippen molar-refractivity contribution in [2.24, 2.45) is 23.7 Å². The van der Waals surface area contributed by atoms with Crippen LogP contribution < -0.4 is 0 Å². The van der Waals surface area contributed by atoms with Gasteiger partial charge < -0.3 is 24.8 Å². The van der Waals surface area contributed by atoms with Crippen molar-refractivity contribution in [2.45, 2.75) is 44.5 Å². The maximum atomic E-state index is 12.3. The maximum Gasteiger partial charge on any atom is 0.333 e. The topological polar surface area (TPSA) is 130 Å². The van der Waals surface area contributed by atoms with Crippen molar-refractivity contribution in [3.8, 4) is 0 Å². The number of carbonyl (C=O) groups excluding carboxylic acids is 3. The molecule has 0 radical (unpaired) electrons. The number of ketones is 1. The van der Waals surface area contributed by atoms with Gasteiger partial charge in [-0.1, -0.05) is 6.58 Å². The molecule has 1 unspecified atom stereocenters. The van der Waals surface area contributed by atoms with Crippen LogP contribution in [-0.4, -0.2) is 65.1 Å². The van der Waals surface area contributed by atoms with Gasteiger partial charge in [-0.05, 0) is 19.8 Å². The fourth-order valence-corrected chi connectivity index (χ4v) is 3.91. The molecule has 7 atom stereocenters. The summed E-state index contributed by atoms with van der Waals surface area (Å²) in [7, 11) is 1.16. The van der Waals surface area contributed by atoms with Crippen molar-refractivity contribution in [3.63, 3.8) is 0 Å². The van der Waals surface area contributed by atoms with Crippen LogP contribution in [0.5, 0.6) is 0 Å². The first-order chi connectivity index (χ1) is 12.2. The van der Waals surface area contributed by atoms with Crippen LogP contribution in [0.3, 0.4) is 0 Å². The van der Waals surface area contributed by atoms with E-state index >= 15 is 0 Å². The number of fused-ring (bicyclic) bond motifs is 1. The van der Waals surface area contributed by atoms with Crippen LogP contribution in [0.4, 0.5) is 0 Å². The Morgan fingerprint density at radius 2 is 2.00 bits per heavy atom. The largest absolute Gasteiger partial charge is 0.466 e. The molecule has 2 saturated carbocycles. The van der Waals surface area contributed by atoms with E-state index < -0.39 is 60.5 Å². The molecular formula is C18H26O8. The molecule has 0 saturated heterocycles. The normalized spacial score (nSPS) is 35.2. The molecular weight excluding hydrogens is 344 g/mol. The van der Waals surface area contributed by atoms with E-state index in [0.717, 1.165) is 7.11 Å². The number of Topliss-reactive ketones (excluding diaryl/α,β-unsaturated/α-hetero) is 1. The van der Waals surface area contributed by atoms with Gasteiger partial charge in [0.15, 0.2) is 0 Å². The van der Waals surface area contributed by atoms with Gasteiger partial charge >= 0.3 is 11.9 Å². The van der Waals surface area contributed by atoms with E-state index in [0.29, 0.717) is 0 Å². The van der Waals surface area contributed by atoms with Gasteiger partial charge in [0.2, 0.25) is 0 Å². The summed E-state index contributed by atoms with van der Waals surface area (Å²) < 4.78 is 10.1. The highest BCUT2D eigenvalue weighted by molar-refractivity contribution is 5.89. The zero-order chi connectivity index (χ0) is 19.6. The second kappa shape index (κ2) is 8.28. The van der Waals surface area contributed by atoms with Crippen LogP contribution in [0.2, 0.25) is 0 Å². The molecule has 0 aromatic carbocycles. The van der Waals surface area contributed by atoms with E-state index in [1.165, 1.54) is 6.92 Å². The molecule has 0 heterocycles. The number of carbonyl (C=O) groups is 3. The molecule has 2 rings (SSSR count). The molecule has 0 amide bonds. The minimum Gasteiger partial charge on any atom is -0.466 e. The number of hydrogen-bond acceptors (Lipinski definition) is 8. The molecule has 8 nitrogen and oxygen atoms in total.